The lowest BCUT2D eigenvalue weighted by Crippen LogP contribution is -2.36. The summed E-state index contributed by atoms with van der Waals surface area (Å²) in [6.45, 7) is 6.25. The van der Waals surface area contributed by atoms with E-state index in [1.165, 1.54) is 0 Å². The summed E-state index contributed by atoms with van der Waals surface area (Å²) in [4.78, 5) is 4.65. The van der Waals surface area contributed by atoms with E-state index in [1.807, 2.05) is 50.2 Å². The number of ether oxygens (including phenoxy) is 3. The van der Waals surface area contributed by atoms with Gasteiger partial charge in [0.15, 0.2) is 17.5 Å². The van der Waals surface area contributed by atoms with Gasteiger partial charge in [-0.15, -0.1) is 0 Å². The fourth-order valence-electron chi connectivity index (χ4n) is 2.69. The molecule has 0 spiro atoms. The van der Waals surface area contributed by atoms with Crippen molar-refractivity contribution >= 4 is 17.6 Å². The largest absolute Gasteiger partial charge is 0.496 e. The van der Waals surface area contributed by atoms with Crippen molar-refractivity contribution in [1.29, 1.82) is 0 Å². The Hall–Kier alpha value is -2.60. The van der Waals surface area contributed by atoms with Crippen molar-refractivity contribution in [1.82, 2.24) is 10.6 Å². The maximum atomic E-state index is 6.34. The van der Waals surface area contributed by atoms with Gasteiger partial charge in [-0.3, -0.25) is 0 Å². The lowest BCUT2D eigenvalue weighted by molar-refractivity contribution is 0.311. The van der Waals surface area contributed by atoms with Crippen molar-refractivity contribution in [2.45, 2.75) is 26.9 Å². The third-order valence-electron chi connectivity index (χ3n) is 3.98. The maximum Gasteiger partial charge on any atom is 0.191 e. The highest BCUT2D eigenvalue weighted by Crippen LogP contribution is 2.36. The third kappa shape index (κ3) is 5.96. The molecule has 0 fully saturated rings. The normalized spacial score (nSPS) is 11.1. The molecule has 0 heterocycles. The molecule has 7 heteroatoms. The van der Waals surface area contributed by atoms with Crippen LogP contribution in [0.2, 0.25) is 5.02 Å². The Kier molecular flexibility index (Phi) is 8.75. The summed E-state index contributed by atoms with van der Waals surface area (Å²) in [7, 11) is 3.27. The minimum Gasteiger partial charge on any atom is -0.496 e. The van der Waals surface area contributed by atoms with Gasteiger partial charge in [-0.2, -0.15) is 0 Å². The second kappa shape index (κ2) is 11.3. The summed E-state index contributed by atoms with van der Waals surface area (Å²) in [5.41, 5.74) is 1.99. The molecule has 2 N–H and O–H groups in total. The Morgan fingerprint density at radius 1 is 1.04 bits per heavy atom. The van der Waals surface area contributed by atoms with Crippen LogP contribution in [-0.4, -0.2) is 33.3 Å². The fourth-order valence-corrected chi connectivity index (χ4v) is 2.98. The number of benzene rings is 2. The van der Waals surface area contributed by atoms with Gasteiger partial charge < -0.3 is 24.8 Å². The van der Waals surface area contributed by atoms with Gasteiger partial charge in [0.05, 0.1) is 32.4 Å². The predicted octanol–water partition coefficient (Wildman–Crippen LogP) is 4.01. The monoisotopic (exact) mass is 405 g/mol. The van der Waals surface area contributed by atoms with E-state index in [0.717, 1.165) is 23.4 Å². The molecule has 0 aliphatic rings. The lowest BCUT2D eigenvalue weighted by Gasteiger charge is -2.14. The molecule has 6 nitrogen and oxygen atoms in total. The zero-order chi connectivity index (χ0) is 20.4. The standard InChI is InChI=1S/C21H28ClN3O3/c1-5-23-21(25-14-16-9-7-8-10-18(16)26-3)24-13-15-11-17(22)20(28-6-2)19(12-15)27-4/h7-12H,5-6,13-14H2,1-4H3,(H2,23,24,25). The molecule has 2 rings (SSSR count). The van der Waals surface area contributed by atoms with Gasteiger partial charge in [-0.1, -0.05) is 29.8 Å². The molecule has 28 heavy (non-hydrogen) atoms. The molecule has 2 aromatic carbocycles. The third-order valence-corrected chi connectivity index (χ3v) is 4.26. The summed E-state index contributed by atoms with van der Waals surface area (Å²) in [6.07, 6.45) is 0. The molecule has 0 aliphatic heterocycles. The number of halogens is 1. The van der Waals surface area contributed by atoms with Crippen LogP contribution >= 0.6 is 11.6 Å². The van der Waals surface area contributed by atoms with Gasteiger partial charge in [0.1, 0.15) is 5.75 Å². The maximum absolute atomic E-state index is 6.34. The average Bonchev–Trinajstić information content (AvgIpc) is 2.71. The van der Waals surface area contributed by atoms with E-state index in [4.69, 9.17) is 25.8 Å². The van der Waals surface area contributed by atoms with Crippen LogP contribution in [0.4, 0.5) is 0 Å². The van der Waals surface area contributed by atoms with Crippen LogP contribution in [0.5, 0.6) is 17.2 Å². The van der Waals surface area contributed by atoms with Crippen molar-refractivity contribution in [2.75, 3.05) is 27.4 Å². The summed E-state index contributed by atoms with van der Waals surface area (Å²) in [6, 6.07) is 11.6. The number of nitrogens with zero attached hydrogens (tertiary/aromatic N) is 1. The zero-order valence-electron chi connectivity index (χ0n) is 16.8. The van der Waals surface area contributed by atoms with E-state index in [9.17, 15) is 0 Å². The van der Waals surface area contributed by atoms with Crippen LogP contribution in [0.1, 0.15) is 25.0 Å². The Balaban J connectivity index is 2.12. The van der Waals surface area contributed by atoms with Gasteiger partial charge in [-0.25, -0.2) is 4.99 Å². The topological polar surface area (TPSA) is 64.1 Å². The predicted molar refractivity (Wildman–Crippen MR) is 114 cm³/mol. The van der Waals surface area contributed by atoms with E-state index in [1.54, 1.807) is 14.2 Å². The molecule has 0 atom stereocenters. The van der Waals surface area contributed by atoms with Gasteiger partial charge in [0.2, 0.25) is 0 Å². The van der Waals surface area contributed by atoms with Crippen LogP contribution in [0.15, 0.2) is 41.4 Å². The van der Waals surface area contributed by atoms with Crippen molar-refractivity contribution in [2.24, 2.45) is 4.99 Å². The molecule has 0 saturated carbocycles. The zero-order valence-corrected chi connectivity index (χ0v) is 17.6. The van der Waals surface area contributed by atoms with E-state index >= 15 is 0 Å². The Morgan fingerprint density at radius 2 is 1.79 bits per heavy atom. The highest BCUT2D eigenvalue weighted by Gasteiger charge is 2.12. The first kappa shape index (κ1) is 21.7. The smallest absolute Gasteiger partial charge is 0.191 e. The number of nitrogens with one attached hydrogen (secondary N) is 2. The number of rotatable bonds is 9. The molecule has 0 radical (unpaired) electrons. The number of methoxy groups -OCH3 is 2. The van der Waals surface area contributed by atoms with Gasteiger partial charge in [0.25, 0.3) is 0 Å². The molecule has 152 valence electrons. The molecular formula is C21H28ClN3O3. The SMILES string of the molecule is CCNC(=NCc1cc(Cl)c(OCC)c(OC)c1)NCc1ccccc1OC. The van der Waals surface area contributed by atoms with Crippen molar-refractivity contribution < 1.29 is 14.2 Å². The van der Waals surface area contributed by atoms with E-state index in [2.05, 4.69) is 15.6 Å². The first-order valence-corrected chi connectivity index (χ1v) is 9.63. The molecule has 0 amide bonds. The summed E-state index contributed by atoms with van der Waals surface area (Å²) in [5, 5.41) is 7.08. The number of aliphatic imine (C=N–C) groups is 1. The first-order chi connectivity index (χ1) is 13.6. The number of para-hydroxylation sites is 1. The minimum absolute atomic E-state index is 0.448. The quantitative estimate of drug-likeness (QED) is 0.487. The van der Waals surface area contributed by atoms with Crippen molar-refractivity contribution in [3.05, 3.63) is 52.5 Å². The molecule has 0 aromatic heterocycles. The summed E-state index contributed by atoms with van der Waals surface area (Å²) >= 11 is 6.34. The Morgan fingerprint density at radius 3 is 2.46 bits per heavy atom. The molecule has 0 aliphatic carbocycles. The minimum atomic E-state index is 0.448. The van der Waals surface area contributed by atoms with Crippen LogP contribution in [0.3, 0.4) is 0 Å². The number of guanidine groups is 1. The van der Waals surface area contributed by atoms with Gasteiger partial charge >= 0.3 is 0 Å². The lowest BCUT2D eigenvalue weighted by atomic mass is 10.2. The number of hydrogen-bond donors (Lipinski definition) is 2. The Labute approximate surface area is 171 Å². The molecule has 0 unspecified atom stereocenters. The molecular weight excluding hydrogens is 378 g/mol. The second-order valence-electron chi connectivity index (χ2n) is 5.90. The van der Waals surface area contributed by atoms with Crippen molar-refractivity contribution in [3.63, 3.8) is 0 Å². The van der Waals surface area contributed by atoms with E-state index < -0.39 is 0 Å². The molecule has 0 bridgehead atoms. The van der Waals surface area contributed by atoms with Crippen LogP contribution in [-0.2, 0) is 13.1 Å². The van der Waals surface area contributed by atoms with Gasteiger partial charge in [-0.05, 0) is 37.6 Å². The summed E-state index contributed by atoms with van der Waals surface area (Å²) in [5.74, 6) is 2.71. The first-order valence-electron chi connectivity index (χ1n) is 9.26. The van der Waals surface area contributed by atoms with E-state index in [-0.39, 0.29) is 0 Å². The fraction of sp³-hybridized carbons (Fsp3) is 0.381. The highest BCUT2D eigenvalue weighted by molar-refractivity contribution is 6.32. The number of hydrogen-bond acceptors (Lipinski definition) is 4. The van der Waals surface area contributed by atoms with Crippen molar-refractivity contribution in [3.8, 4) is 17.2 Å². The Bertz CT molecular complexity index is 796. The molecule has 0 saturated heterocycles. The van der Waals surface area contributed by atoms with Gasteiger partial charge in [0, 0.05) is 18.7 Å². The van der Waals surface area contributed by atoms with E-state index in [0.29, 0.717) is 42.2 Å². The average molecular weight is 406 g/mol. The van der Waals surface area contributed by atoms with Crippen LogP contribution in [0.25, 0.3) is 0 Å². The second-order valence-corrected chi connectivity index (χ2v) is 6.31. The molecule has 2 aromatic rings. The summed E-state index contributed by atoms with van der Waals surface area (Å²) < 4.78 is 16.4. The van der Waals surface area contributed by atoms with Crippen LogP contribution in [0, 0.1) is 0 Å². The highest BCUT2D eigenvalue weighted by atomic mass is 35.5. The van der Waals surface area contributed by atoms with Crippen LogP contribution < -0.4 is 24.8 Å².